The third kappa shape index (κ3) is 3.54. The molecule has 112 valence electrons. The third-order valence-electron chi connectivity index (χ3n) is 3.05. The average Bonchev–Trinajstić information content (AvgIpc) is 2.49. The van der Waals surface area contributed by atoms with Gasteiger partial charge < -0.3 is 5.43 Å². The largest absolute Gasteiger partial charge is 0.323 e. The average molecular weight is 326 g/mol. The summed E-state index contributed by atoms with van der Waals surface area (Å²) < 4.78 is 26.4. The van der Waals surface area contributed by atoms with Crippen molar-refractivity contribution in [2.24, 2.45) is 5.84 Å². The second-order valence-electron chi connectivity index (χ2n) is 4.53. The van der Waals surface area contributed by atoms with Crippen molar-refractivity contribution in [3.8, 4) is 0 Å². The van der Waals surface area contributed by atoms with Gasteiger partial charge in [-0.15, -0.1) is 0 Å². The van der Waals surface area contributed by atoms with E-state index in [1.807, 2.05) is 0 Å². The van der Waals surface area contributed by atoms with Crippen LogP contribution in [0.15, 0.2) is 53.4 Å². The van der Waals surface area contributed by atoms with Gasteiger partial charge in [-0.2, -0.15) is 4.31 Å². The molecule has 21 heavy (non-hydrogen) atoms. The number of para-hydroxylation sites is 1. The van der Waals surface area contributed by atoms with Crippen molar-refractivity contribution in [2.75, 3.05) is 12.5 Å². The second kappa shape index (κ2) is 6.44. The van der Waals surface area contributed by atoms with E-state index in [4.69, 9.17) is 17.4 Å². The van der Waals surface area contributed by atoms with Crippen molar-refractivity contribution in [3.63, 3.8) is 0 Å². The van der Waals surface area contributed by atoms with Crippen LogP contribution in [-0.4, -0.2) is 19.8 Å². The van der Waals surface area contributed by atoms with Gasteiger partial charge >= 0.3 is 0 Å². The summed E-state index contributed by atoms with van der Waals surface area (Å²) in [4.78, 5) is 0.143. The highest BCUT2D eigenvalue weighted by Crippen LogP contribution is 2.24. The highest BCUT2D eigenvalue weighted by Gasteiger charge is 2.23. The Hall–Kier alpha value is -1.60. The number of benzene rings is 2. The molecule has 0 unspecified atom stereocenters. The minimum absolute atomic E-state index is 0.143. The van der Waals surface area contributed by atoms with E-state index in [9.17, 15) is 8.42 Å². The molecule has 0 saturated heterocycles. The molecule has 0 amide bonds. The molecule has 0 aliphatic rings. The standard InChI is InChI=1S/C14H16ClN3O2S/c1-18(10-11-6-8-12(15)9-7-11)21(19,20)14-5-3-2-4-13(14)17-16/h2-9,17H,10,16H2,1H3. The summed E-state index contributed by atoms with van der Waals surface area (Å²) in [7, 11) is -2.11. The minimum Gasteiger partial charge on any atom is -0.323 e. The predicted molar refractivity (Wildman–Crippen MR) is 84.4 cm³/mol. The van der Waals surface area contributed by atoms with Gasteiger partial charge in [0.1, 0.15) is 4.90 Å². The molecule has 0 radical (unpaired) electrons. The van der Waals surface area contributed by atoms with Crippen molar-refractivity contribution < 1.29 is 8.42 Å². The number of sulfonamides is 1. The van der Waals surface area contributed by atoms with E-state index in [1.165, 1.54) is 17.4 Å². The molecule has 0 atom stereocenters. The van der Waals surface area contributed by atoms with E-state index in [1.54, 1.807) is 42.5 Å². The van der Waals surface area contributed by atoms with Crippen molar-refractivity contribution in [2.45, 2.75) is 11.4 Å². The van der Waals surface area contributed by atoms with Gasteiger partial charge in [0.15, 0.2) is 0 Å². The molecule has 0 bridgehead atoms. The normalized spacial score (nSPS) is 11.6. The van der Waals surface area contributed by atoms with Crippen molar-refractivity contribution in [3.05, 3.63) is 59.1 Å². The number of hydrogen-bond donors (Lipinski definition) is 2. The lowest BCUT2D eigenvalue weighted by Gasteiger charge is -2.19. The second-order valence-corrected chi connectivity index (χ2v) is 6.98. The Bertz CT molecular complexity index is 717. The van der Waals surface area contributed by atoms with E-state index in [2.05, 4.69) is 5.43 Å². The van der Waals surface area contributed by atoms with Crippen LogP contribution in [-0.2, 0) is 16.6 Å². The molecule has 3 N–H and O–H groups in total. The van der Waals surface area contributed by atoms with Gasteiger partial charge in [0, 0.05) is 18.6 Å². The van der Waals surface area contributed by atoms with Crippen LogP contribution in [0.1, 0.15) is 5.56 Å². The molecule has 0 aliphatic carbocycles. The van der Waals surface area contributed by atoms with E-state index in [0.717, 1.165) is 5.56 Å². The topological polar surface area (TPSA) is 75.4 Å². The van der Waals surface area contributed by atoms with Crippen molar-refractivity contribution in [1.29, 1.82) is 0 Å². The minimum atomic E-state index is -3.63. The molecule has 0 spiro atoms. The van der Waals surface area contributed by atoms with Crippen LogP contribution in [0.3, 0.4) is 0 Å². The Labute approximate surface area is 129 Å². The van der Waals surface area contributed by atoms with Gasteiger partial charge in [-0.05, 0) is 29.8 Å². The van der Waals surface area contributed by atoms with Gasteiger partial charge in [-0.1, -0.05) is 35.9 Å². The van der Waals surface area contributed by atoms with Gasteiger partial charge in [-0.25, -0.2) is 8.42 Å². The van der Waals surface area contributed by atoms with E-state index in [-0.39, 0.29) is 11.4 Å². The summed E-state index contributed by atoms with van der Waals surface area (Å²) in [6.45, 7) is 0.248. The van der Waals surface area contributed by atoms with Gasteiger partial charge in [0.2, 0.25) is 10.0 Å². The molecule has 7 heteroatoms. The molecule has 0 heterocycles. The molecule has 0 aromatic heterocycles. The molecule has 2 rings (SSSR count). The van der Waals surface area contributed by atoms with Crippen molar-refractivity contribution >= 4 is 27.3 Å². The van der Waals surface area contributed by atoms with E-state index < -0.39 is 10.0 Å². The fourth-order valence-corrected chi connectivity index (χ4v) is 3.35. The first-order valence-corrected chi connectivity index (χ1v) is 8.03. The number of halogens is 1. The fraction of sp³-hybridized carbons (Fsp3) is 0.143. The third-order valence-corrected chi connectivity index (χ3v) is 5.16. The molecule has 0 saturated carbocycles. The first kappa shape index (κ1) is 15.8. The van der Waals surface area contributed by atoms with Crippen LogP contribution in [0.4, 0.5) is 5.69 Å². The fourth-order valence-electron chi connectivity index (χ4n) is 1.91. The zero-order valence-electron chi connectivity index (χ0n) is 11.5. The summed E-state index contributed by atoms with van der Waals surface area (Å²) in [5.74, 6) is 5.37. The quantitative estimate of drug-likeness (QED) is 0.654. The number of hydrazine groups is 1. The highest BCUT2D eigenvalue weighted by atomic mass is 35.5. The predicted octanol–water partition coefficient (Wildman–Crippen LogP) is 2.45. The summed E-state index contributed by atoms with van der Waals surface area (Å²) in [5.41, 5.74) is 3.62. The molecule has 0 fully saturated rings. The lowest BCUT2D eigenvalue weighted by atomic mass is 10.2. The Morgan fingerprint density at radius 2 is 1.76 bits per heavy atom. The number of nitrogens with zero attached hydrogens (tertiary/aromatic N) is 1. The Morgan fingerprint density at radius 3 is 2.38 bits per heavy atom. The van der Waals surface area contributed by atoms with Gasteiger partial charge in [0.25, 0.3) is 0 Å². The SMILES string of the molecule is CN(Cc1ccc(Cl)cc1)S(=O)(=O)c1ccccc1NN. The number of nitrogens with two attached hydrogens (primary N) is 1. The van der Waals surface area contributed by atoms with Crippen molar-refractivity contribution in [1.82, 2.24) is 4.31 Å². The first-order valence-electron chi connectivity index (χ1n) is 6.21. The number of nitrogen functional groups attached to an aromatic ring is 1. The van der Waals surface area contributed by atoms with Crippen LogP contribution in [0.2, 0.25) is 5.02 Å². The molecule has 2 aromatic rings. The summed E-state index contributed by atoms with van der Waals surface area (Å²) in [6.07, 6.45) is 0. The molecular formula is C14H16ClN3O2S. The number of hydrogen-bond acceptors (Lipinski definition) is 4. The maximum atomic E-state index is 12.6. The summed E-state index contributed by atoms with van der Waals surface area (Å²) >= 11 is 5.82. The van der Waals surface area contributed by atoms with E-state index >= 15 is 0 Å². The monoisotopic (exact) mass is 325 g/mol. The van der Waals surface area contributed by atoms with Crippen LogP contribution < -0.4 is 11.3 Å². The Morgan fingerprint density at radius 1 is 1.14 bits per heavy atom. The summed E-state index contributed by atoms with van der Waals surface area (Å²) in [6, 6.07) is 13.5. The van der Waals surface area contributed by atoms with Gasteiger partial charge in [0.05, 0.1) is 5.69 Å². The number of anilines is 1. The molecule has 0 aliphatic heterocycles. The van der Waals surface area contributed by atoms with Crippen LogP contribution >= 0.6 is 11.6 Å². The zero-order valence-corrected chi connectivity index (χ0v) is 13.0. The van der Waals surface area contributed by atoms with Gasteiger partial charge in [-0.3, -0.25) is 5.84 Å². The lowest BCUT2D eigenvalue weighted by Crippen LogP contribution is -2.27. The first-order chi connectivity index (χ1) is 9.95. The smallest absolute Gasteiger partial charge is 0.245 e. The number of nitrogens with one attached hydrogen (secondary N) is 1. The number of rotatable bonds is 5. The molecule has 2 aromatic carbocycles. The van der Waals surface area contributed by atoms with Crippen LogP contribution in [0, 0.1) is 0 Å². The van der Waals surface area contributed by atoms with E-state index in [0.29, 0.717) is 10.7 Å². The maximum absolute atomic E-state index is 12.6. The molecule has 5 nitrogen and oxygen atoms in total. The Balaban J connectivity index is 2.28. The summed E-state index contributed by atoms with van der Waals surface area (Å²) in [5, 5.41) is 0.613. The maximum Gasteiger partial charge on any atom is 0.245 e. The van der Waals surface area contributed by atoms with Crippen LogP contribution in [0.5, 0.6) is 0 Å². The molecular weight excluding hydrogens is 310 g/mol. The highest BCUT2D eigenvalue weighted by molar-refractivity contribution is 7.89. The lowest BCUT2D eigenvalue weighted by molar-refractivity contribution is 0.467. The van der Waals surface area contributed by atoms with Crippen LogP contribution in [0.25, 0.3) is 0 Å². The Kier molecular flexibility index (Phi) is 4.84. The zero-order chi connectivity index (χ0) is 15.5.